The summed E-state index contributed by atoms with van der Waals surface area (Å²) < 4.78 is 11.2. The van der Waals surface area contributed by atoms with Gasteiger partial charge >= 0.3 is 0 Å². The van der Waals surface area contributed by atoms with Crippen LogP contribution < -0.4 is 4.74 Å². The van der Waals surface area contributed by atoms with Gasteiger partial charge in [0.05, 0.1) is 18.7 Å². The Hall–Kier alpha value is -2.92. The van der Waals surface area contributed by atoms with Gasteiger partial charge in [-0.25, -0.2) is 4.98 Å². The van der Waals surface area contributed by atoms with Gasteiger partial charge in [-0.3, -0.25) is 9.89 Å². The SMILES string of the molecule is CCc1nc([C@@H]2CN(C(=O)COc3ccccc3C#N)CCO2)n[nH]1. The highest BCUT2D eigenvalue weighted by Crippen LogP contribution is 2.20. The number of nitriles is 1. The number of H-pyrrole nitrogens is 1. The molecule has 1 atom stereocenters. The van der Waals surface area contributed by atoms with Crippen molar-refractivity contribution < 1.29 is 14.3 Å². The Balaban J connectivity index is 1.59. The Kier molecular flexibility index (Phi) is 5.26. The molecule has 0 saturated carbocycles. The second-order valence-corrected chi connectivity index (χ2v) is 5.59. The van der Waals surface area contributed by atoms with E-state index in [2.05, 4.69) is 15.2 Å². The van der Waals surface area contributed by atoms with E-state index in [1.165, 1.54) is 0 Å². The van der Waals surface area contributed by atoms with Crippen molar-refractivity contribution in [3.63, 3.8) is 0 Å². The number of benzene rings is 1. The number of aromatic nitrogens is 3. The quantitative estimate of drug-likeness (QED) is 0.877. The van der Waals surface area contributed by atoms with Gasteiger partial charge < -0.3 is 14.4 Å². The van der Waals surface area contributed by atoms with E-state index in [1.54, 1.807) is 29.2 Å². The van der Waals surface area contributed by atoms with E-state index in [0.717, 1.165) is 12.2 Å². The number of morpholine rings is 1. The van der Waals surface area contributed by atoms with Crippen LogP contribution in [0.4, 0.5) is 0 Å². The van der Waals surface area contributed by atoms with E-state index in [0.29, 0.717) is 36.8 Å². The molecule has 1 fully saturated rings. The monoisotopic (exact) mass is 341 g/mol. The van der Waals surface area contributed by atoms with Crippen molar-refractivity contribution in [1.29, 1.82) is 5.26 Å². The van der Waals surface area contributed by atoms with Crippen LogP contribution in [-0.2, 0) is 16.0 Å². The zero-order valence-electron chi connectivity index (χ0n) is 13.9. The van der Waals surface area contributed by atoms with Crippen LogP contribution >= 0.6 is 0 Å². The summed E-state index contributed by atoms with van der Waals surface area (Å²) in [6.45, 7) is 3.14. The minimum atomic E-state index is -0.347. The number of nitrogens with one attached hydrogen (secondary N) is 1. The third-order valence-corrected chi connectivity index (χ3v) is 3.95. The molecule has 8 nitrogen and oxygen atoms in total. The molecule has 130 valence electrons. The Morgan fingerprint density at radius 3 is 3.12 bits per heavy atom. The smallest absolute Gasteiger partial charge is 0.260 e. The lowest BCUT2D eigenvalue weighted by atomic mass is 10.2. The third kappa shape index (κ3) is 3.95. The van der Waals surface area contributed by atoms with Gasteiger partial charge in [0.1, 0.15) is 23.7 Å². The molecule has 0 bridgehead atoms. The molecule has 25 heavy (non-hydrogen) atoms. The first-order chi connectivity index (χ1) is 12.2. The van der Waals surface area contributed by atoms with Crippen molar-refractivity contribution in [2.45, 2.75) is 19.4 Å². The molecule has 0 radical (unpaired) electrons. The number of para-hydroxylation sites is 1. The second kappa shape index (κ2) is 7.77. The van der Waals surface area contributed by atoms with Gasteiger partial charge in [0.15, 0.2) is 12.4 Å². The lowest BCUT2D eigenvalue weighted by molar-refractivity contribution is -0.141. The molecule has 0 aliphatic carbocycles. The molecule has 1 aliphatic heterocycles. The maximum absolute atomic E-state index is 12.4. The lowest BCUT2D eigenvalue weighted by Crippen LogP contribution is -2.44. The minimum absolute atomic E-state index is 0.125. The molecule has 1 aromatic heterocycles. The van der Waals surface area contributed by atoms with E-state index in [-0.39, 0.29) is 18.6 Å². The first kappa shape index (κ1) is 16.9. The van der Waals surface area contributed by atoms with Crippen molar-refractivity contribution in [3.05, 3.63) is 41.5 Å². The van der Waals surface area contributed by atoms with Gasteiger partial charge in [-0.15, -0.1) is 0 Å². The summed E-state index contributed by atoms with van der Waals surface area (Å²) in [6, 6.07) is 8.89. The summed E-state index contributed by atoms with van der Waals surface area (Å²) in [4.78, 5) is 18.5. The molecular weight excluding hydrogens is 322 g/mol. The fraction of sp³-hybridized carbons (Fsp3) is 0.412. The number of nitrogens with zero attached hydrogens (tertiary/aromatic N) is 4. The summed E-state index contributed by atoms with van der Waals surface area (Å²) in [7, 11) is 0. The average molecular weight is 341 g/mol. The minimum Gasteiger partial charge on any atom is -0.482 e. The highest BCUT2D eigenvalue weighted by molar-refractivity contribution is 5.78. The number of carbonyl (C=O) groups excluding carboxylic acids is 1. The van der Waals surface area contributed by atoms with E-state index in [1.807, 2.05) is 13.0 Å². The van der Waals surface area contributed by atoms with Crippen LogP contribution in [0.5, 0.6) is 5.75 Å². The van der Waals surface area contributed by atoms with Crippen molar-refractivity contribution >= 4 is 5.91 Å². The van der Waals surface area contributed by atoms with Crippen LogP contribution in [0.15, 0.2) is 24.3 Å². The van der Waals surface area contributed by atoms with E-state index in [4.69, 9.17) is 14.7 Å². The van der Waals surface area contributed by atoms with Crippen LogP contribution in [0.3, 0.4) is 0 Å². The number of carbonyl (C=O) groups is 1. The van der Waals surface area contributed by atoms with Gasteiger partial charge in [-0.1, -0.05) is 19.1 Å². The summed E-state index contributed by atoms with van der Waals surface area (Å²) in [5.74, 6) is 1.60. The van der Waals surface area contributed by atoms with Gasteiger partial charge in [0.2, 0.25) is 0 Å². The summed E-state index contributed by atoms with van der Waals surface area (Å²) in [5, 5.41) is 16.1. The molecule has 0 unspecified atom stereocenters. The zero-order valence-corrected chi connectivity index (χ0v) is 13.9. The van der Waals surface area contributed by atoms with Gasteiger partial charge in [-0.05, 0) is 12.1 Å². The molecular formula is C17H19N5O3. The molecule has 8 heteroatoms. The molecule has 1 amide bonds. The standard InChI is InChI=1S/C17H19N5O3/c1-2-15-19-17(21-20-15)14-10-22(7-8-24-14)16(23)11-25-13-6-4-3-5-12(13)9-18/h3-6,14H,2,7-8,10-11H2,1H3,(H,19,20,21)/t14-/m0/s1. The first-order valence-corrected chi connectivity index (χ1v) is 8.13. The number of hydrogen-bond acceptors (Lipinski definition) is 6. The molecule has 2 aromatic rings. The highest BCUT2D eigenvalue weighted by Gasteiger charge is 2.28. The molecule has 0 spiro atoms. The van der Waals surface area contributed by atoms with E-state index < -0.39 is 0 Å². The molecule has 2 heterocycles. The van der Waals surface area contributed by atoms with Crippen molar-refractivity contribution in [2.24, 2.45) is 0 Å². The summed E-state index contributed by atoms with van der Waals surface area (Å²) in [6.07, 6.45) is 0.412. The molecule has 1 aliphatic rings. The van der Waals surface area contributed by atoms with Crippen molar-refractivity contribution in [2.75, 3.05) is 26.3 Å². The van der Waals surface area contributed by atoms with Crippen LogP contribution in [0.2, 0.25) is 0 Å². The van der Waals surface area contributed by atoms with Gasteiger partial charge in [-0.2, -0.15) is 10.4 Å². The molecule has 1 saturated heterocycles. The van der Waals surface area contributed by atoms with E-state index in [9.17, 15) is 4.79 Å². The zero-order chi connectivity index (χ0) is 17.6. The Bertz CT molecular complexity index is 783. The van der Waals surface area contributed by atoms with Crippen LogP contribution in [0.25, 0.3) is 0 Å². The average Bonchev–Trinajstić information content (AvgIpc) is 3.15. The normalized spacial score (nSPS) is 17.1. The Labute approximate surface area is 145 Å². The summed E-state index contributed by atoms with van der Waals surface area (Å²) >= 11 is 0. The number of aryl methyl sites for hydroxylation is 1. The highest BCUT2D eigenvalue weighted by atomic mass is 16.5. The van der Waals surface area contributed by atoms with E-state index >= 15 is 0 Å². The largest absolute Gasteiger partial charge is 0.482 e. The molecule has 3 rings (SSSR count). The van der Waals surface area contributed by atoms with Crippen LogP contribution in [0, 0.1) is 11.3 Å². The fourth-order valence-corrected chi connectivity index (χ4v) is 2.56. The third-order valence-electron chi connectivity index (χ3n) is 3.95. The van der Waals surface area contributed by atoms with Crippen molar-refractivity contribution in [1.82, 2.24) is 20.1 Å². The predicted molar refractivity (Wildman–Crippen MR) is 87.7 cm³/mol. The predicted octanol–water partition coefficient (Wildman–Crippen LogP) is 1.22. The maximum atomic E-state index is 12.4. The van der Waals surface area contributed by atoms with Gasteiger partial charge in [0, 0.05) is 13.0 Å². The van der Waals surface area contributed by atoms with Crippen molar-refractivity contribution in [3.8, 4) is 11.8 Å². The first-order valence-electron chi connectivity index (χ1n) is 8.13. The van der Waals surface area contributed by atoms with Crippen LogP contribution in [-0.4, -0.2) is 52.3 Å². The number of rotatable bonds is 5. The Morgan fingerprint density at radius 1 is 1.52 bits per heavy atom. The molecule has 1 aromatic carbocycles. The second-order valence-electron chi connectivity index (χ2n) is 5.59. The van der Waals surface area contributed by atoms with Crippen LogP contribution in [0.1, 0.15) is 30.2 Å². The topological polar surface area (TPSA) is 104 Å². The number of amides is 1. The number of hydrogen-bond donors (Lipinski definition) is 1. The maximum Gasteiger partial charge on any atom is 0.260 e. The van der Waals surface area contributed by atoms with Gasteiger partial charge in [0.25, 0.3) is 5.91 Å². The number of aromatic amines is 1. The molecule has 1 N–H and O–H groups in total. The lowest BCUT2D eigenvalue weighted by Gasteiger charge is -2.31. The fourth-order valence-electron chi connectivity index (χ4n) is 2.56. The number of ether oxygens (including phenoxy) is 2. The Morgan fingerprint density at radius 2 is 2.36 bits per heavy atom. The summed E-state index contributed by atoms with van der Waals surface area (Å²) in [5.41, 5.74) is 0.406.